The summed E-state index contributed by atoms with van der Waals surface area (Å²) in [5.41, 5.74) is 1.17. The summed E-state index contributed by atoms with van der Waals surface area (Å²) in [6, 6.07) is 5.56. The third kappa shape index (κ3) is 4.07. The summed E-state index contributed by atoms with van der Waals surface area (Å²) in [6.45, 7) is 9.63. The molecule has 1 atom stereocenters. The van der Waals surface area contributed by atoms with E-state index in [1.165, 1.54) is 6.07 Å². The van der Waals surface area contributed by atoms with E-state index in [2.05, 4.69) is 48.9 Å². The topological polar surface area (TPSA) is 12.0 Å². The second-order valence-electron chi connectivity index (χ2n) is 5.39. The molecular weight excluding hydrogens is 281 g/mol. The summed E-state index contributed by atoms with van der Waals surface area (Å²) in [5, 5.41) is 3.47. The van der Waals surface area contributed by atoms with Gasteiger partial charge >= 0.3 is 0 Å². The van der Waals surface area contributed by atoms with Gasteiger partial charge in [-0.3, -0.25) is 0 Å². The highest BCUT2D eigenvalue weighted by Crippen LogP contribution is 2.27. The number of nitrogens with one attached hydrogen (secondary N) is 1. The van der Waals surface area contributed by atoms with Gasteiger partial charge in [-0.25, -0.2) is 4.39 Å². The van der Waals surface area contributed by atoms with E-state index in [4.69, 9.17) is 0 Å². The van der Waals surface area contributed by atoms with Crippen LogP contribution in [-0.2, 0) is 6.42 Å². The number of hydrogen-bond donors (Lipinski definition) is 1. The fraction of sp³-hybridized carbons (Fsp3) is 0.571. The summed E-state index contributed by atoms with van der Waals surface area (Å²) in [7, 11) is 0. The van der Waals surface area contributed by atoms with E-state index in [0.29, 0.717) is 10.5 Å². The molecule has 1 nitrogen and oxygen atoms in total. The van der Waals surface area contributed by atoms with Crippen molar-refractivity contribution >= 4 is 15.9 Å². The monoisotopic (exact) mass is 301 g/mol. The number of likely N-dealkylation sites (N-methyl/N-ethyl adjacent to an activating group) is 1. The molecule has 1 aromatic rings. The van der Waals surface area contributed by atoms with Crippen molar-refractivity contribution in [1.82, 2.24) is 5.32 Å². The van der Waals surface area contributed by atoms with Crippen molar-refractivity contribution in [2.24, 2.45) is 5.41 Å². The first-order valence-corrected chi connectivity index (χ1v) is 6.81. The molecule has 0 spiro atoms. The lowest BCUT2D eigenvalue weighted by molar-refractivity contribution is 0.269. The first-order valence-electron chi connectivity index (χ1n) is 6.02. The van der Waals surface area contributed by atoms with Crippen molar-refractivity contribution in [1.29, 1.82) is 0 Å². The molecule has 17 heavy (non-hydrogen) atoms. The Morgan fingerprint density at radius 2 is 2.00 bits per heavy atom. The third-order valence-electron chi connectivity index (χ3n) is 2.95. The minimum absolute atomic E-state index is 0.155. The molecule has 0 aromatic heterocycles. The zero-order chi connectivity index (χ0) is 13.1. The fourth-order valence-electron chi connectivity index (χ4n) is 1.86. The van der Waals surface area contributed by atoms with Crippen LogP contribution in [0.2, 0.25) is 0 Å². The van der Waals surface area contributed by atoms with Gasteiger partial charge in [0.15, 0.2) is 0 Å². The zero-order valence-corrected chi connectivity index (χ0v) is 12.6. The van der Waals surface area contributed by atoms with E-state index in [9.17, 15) is 4.39 Å². The van der Waals surface area contributed by atoms with E-state index in [1.807, 2.05) is 6.07 Å². The standard InChI is InChI=1S/C14H21BrFN/c1-5-17-12(14(2,3)4)9-10-7-6-8-11(16)13(10)15/h6-8,12,17H,5,9H2,1-4H3. The molecule has 96 valence electrons. The quantitative estimate of drug-likeness (QED) is 0.881. The van der Waals surface area contributed by atoms with Crippen LogP contribution in [0.15, 0.2) is 22.7 Å². The molecular formula is C14H21BrFN. The third-order valence-corrected chi connectivity index (χ3v) is 3.84. The SMILES string of the molecule is CCNC(Cc1cccc(F)c1Br)C(C)(C)C. The lowest BCUT2D eigenvalue weighted by Crippen LogP contribution is -2.41. The Balaban J connectivity index is 2.90. The molecule has 0 bridgehead atoms. The Morgan fingerprint density at radius 1 is 1.35 bits per heavy atom. The van der Waals surface area contributed by atoms with Gasteiger partial charge in [0.05, 0.1) is 4.47 Å². The number of rotatable bonds is 4. The summed E-state index contributed by atoms with van der Waals surface area (Å²) in [4.78, 5) is 0. The first-order chi connectivity index (χ1) is 7.86. The van der Waals surface area contributed by atoms with Crippen LogP contribution in [-0.4, -0.2) is 12.6 Å². The minimum atomic E-state index is -0.188. The van der Waals surface area contributed by atoms with Crippen LogP contribution in [0.3, 0.4) is 0 Å². The van der Waals surface area contributed by atoms with Crippen molar-refractivity contribution in [2.75, 3.05) is 6.54 Å². The van der Waals surface area contributed by atoms with Crippen LogP contribution >= 0.6 is 15.9 Å². The lowest BCUT2D eigenvalue weighted by atomic mass is 9.83. The maximum Gasteiger partial charge on any atom is 0.137 e. The van der Waals surface area contributed by atoms with Gasteiger partial charge < -0.3 is 5.32 Å². The van der Waals surface area contributed by atoms with Gasteiger partial charge in [0.2, 0.25) is 0 Å². The number of benzene rings is 1. The predicted octanol–water partition coefficient (Wildman–Crippen LogP) is 4.15. The van der Waals surface area contributed by atoms with Crippen molar-refractivity contribution in [2.45, 2.75) is 40.2 Å². The molecule has 0 amide bonds. The van der Waals surface area contributed by atoms with E-state index in [0.717, 1.165) is 18.5 Å². The van der Waals surface area contributed by atoms with Gasteiger partial charge in [-0.2, -0.15) is 0 Å². The maximum absolute atomic E-state index is 13.4. The van der Waals surface area contributed by atoms with E-state index < -0.39 is 0 Å². The van der Waals surface area contributed by atoms with Crippen LogP contribution < -0.4 is 5.32 Å². The molecule has 0 fully saturated rings. The Labute approximate surface area is 112 Å². The summed E-state index contributed by atoms with van der Waals surface area (Å²) < 4.78 is 14.0. The molecule has 1 N–H and O–H groups in total. The predicted molar refractivity (Wildman–Crippen MR) is 74.7 cm³/mol. The largest absolute Gasteiger partial charge is 0.313 e. The van der Waals surface area contributed by atoms with Crippen molar-refractivity contribution in [3.63, 3.8) is 0 Å². The highest BCUT2D eigenvalue weighted by molar-refractivity contribution is 9.10. The summed E-state index contributed by atoms with van der Waals surface area (Å²) in [5.74, 6) is -0.188. The molecule has 0 aliphatic carbocycles. The molecule has 0 heterocycles. The maximum atomic E-state index is 13.4. The van der Waals surface area contributed by atoms with Crippen molar-refractivity contribution < 1.29 is 4.39 Å². The molecule has 0 radical (unpaired) electrons. The van der Waals surface area contributed by atoms with Crippen LogP contribution in [0, 0.1) is 11.2 Å². The van der Waals surface area contributed by atoms with Crippen LogP contribution in [0.4, 0.5) is 4.39 Å². The molecule has 1 rings (SSSR count). The van der Waals surface area contributed by atoms with Crippen molar-refractivity contribution in [3.05, 3.63) is 34.1 Å². The molecule has 0 saturated carbocycles. The van der Waals surface area contributed by atoms with E-state index >= 15 is 0 Å². The molecule has 0 saturated heterocycles. The Bertz CT molecular complexity index is 371. The molecule has 1 unspecified atom stereocenters. The number of halogens is 2. The Morgan fingerprint density at radius 3 is 2.53 bits per heavy atom. The van der Waals surface area contributed by atoms with E-state index in [-0.39, 0.29) is 11.2 Å². The Kier molecular flexibility index (Phi) is 5.14. The number of hydrogen-bond acceptors (Lipinski definition) is 1. The van der Waals surface area contributed by atoms with Gasteiger partial charge in [-0.1, -0.05) is 39.8 Å². The van der Waals surface area contributed by atoms with Gasteiger partial charge in [0.25, 0.3) is 0 Å². The highest BCUT2D eigenvalue weighted by Gasteiger charge is 2.24. The van der Waals surface area contributed by atoms with E-state index in [1.54, 1.807) is 6.07 Å². The van der Waals surface area contributed by atoms with Gasteiger partial charge in [-0.15, -0.1) is 0 Å². The fourth-order valence-corrected chi connectivity index (χ4v) is 2.28. The summed E-state index contributed by atoms with van der Waals surface area (Å²) in [6.07, 6.45) is 0.829. The average molecular weight is 302 g/mol. The molecule has 0 aliphatic heterocycles. The van der Waals surface area contributed by atoms with Crippen LogP contribution in [0.5, 0.6) is 0 Å². The average Bonchev–Trinajstić information content (AvgIpc) is 2.22. The van der Waals surface area contributed by atoms with Gasteiger partial charge in [0, 0.05) is 6.04 Å². The second-order valence-corrected chi connectivity index (χ2v) is 6.19. The lowest BCUT2D eigenvalue weighted by Gasteiger charge is -2.32. The minimum Gasteiger partial charge on any atom is -0.313 e. The van der Waals surface area contributed by atoms with Gasteiger partial charge in [0.1, 0.15) is 5.82 Å². The van der Waals surface area contributed by atoms with Crippen molar-refractivity contribution in [3.8, 4) is 0 Å². The smallest absolute Gasteiger partial charge is 0.137 e. The normalized spacial score (nSPS) is 13.8. The van der Waals surface area contributed by atoms with Crippen LogP contribution in [0.1, 0.15) is 33.3 Å². The van der Waals surface area contributed by atoms with Crippen LogP contribution in [0.25, 0.3) is 0 Å². The summed E-state index contributed by atoms with van der Waals surface area (Å²) >= 11 is 3.32. The molecule has 1 aromatic carbocycles. The first kappa shape index (κ1) is 14.7. The second kappa shape index (κ2) is 5.96. The van der Waals surface area contributed by atoms with Gasteiger partial charge in [-0.05, 0) is 45.9 Å². The zero-order valence-electron chi connectivity index (χ0n) is 11.0. The highest BCUT2D eigenvalue weighted by atomic mass is 79.9. The molecule has 0 aliphatic rings. The Hall–Kier alpha value is -0.410. The molecule has 3 heteroatoms.